The van der Waals surface area contributed by atoms with Crippen LogP contribution in [0.25, 0.3) is 10.1 Å². The highest BCUT2D eigenvalue weighted by molar-refractivity contribution is 7.17. The Labute approximate surface area is 98.4 Å². The molecule has 0 aliphatic heterocycles. The Hall–Kier alpha value is -0.940. The number of hydrogen-bond donors (Lipinski definition) is 3. The summed E-state index contributed by atoms with van der Waals surface area (Å²) in [5.74, 6) is 0. The maximum Gasteiger partial charge on any atom is 0.0607 e. The van der Waals surface area contributed by atoms with Gasteiger partial charge < -0.3 is 15.5 Å². The molecule has 0 aliphatic carbocycles. The van der Waals surface area contributed by atoms with Gasteiger partial charge >= 0.3 is 0 Å². The second-order valence-electron chi connectivity index (χ2n) is 3.70. The zero-order valence-electron chi connectivity index (χ0n) is 8.89. The third-order valence-electron chi connectivity index (χ3n) is 2.58. The fraction of sp³-hybridized carbons (Fsp3) is 0.333. The topological polar surface area (TPSA) is 52.5 Å². The first-order valence-corrected chi connectivity index (χ1v) is 6.13. The molecule has 0 saturated heterocycles. The average molecular weight is 237 g/mol. The van der Waals surface area contributed by atoms with Crippen LogP contribution in [0.15, 0.2) is 29.6 Å². The van der Waals surface area contributed by atoms with Gasteiger partial charge in [-0.25, -0.2) is 0 Å². The largest absolute Gasteiger partial charge is 0.395 e. The van der Waals surface area contributed by atoms with Gasteiger partial charge in [-0.1, -0.05) is 18.2 Å². The van der Waals surface area contributed by atoms with Crippen LogP contribution in [-0.2, 0) is 6.54 Å². The molecule has 2 rings (SSSR count). The van der Waals surface area contributed by atoms with E-state index in [0.717, 1.165) is 0 Å². The van der Waals surface area contributed by atoms with E-state index in [-0.39, 0.29) is 19.3 Å². The monoisotopic (exact) mass is 237 g/mol. The number of aliphatic hydroxyl groups is 2. The van der Waals surface area contributed by atoms with Crippen molar-refractivity contribution in [2.75, 3.05) is 13.2 Å². The summed E-state index contributed by atoms with van der Waals surface area (Å²) in [5.41, 5.74) is 1.22. The first kappa shape index (κ1) is 11.5. The van der Waals surface area contributed by atoms with Gasteiger partial charge in [-0.3, -0.25) is 0 Å². The van der Waals surface area contributed by atoms with Crippen LogP contribution in [0.3, 0.4) is 0 Å². The molecule has 0 saturated carbocycles. The van der Waals surface area contributed by atoms with Crippen molar-refractivity contribution >= 4 is 21.4 Å². The molecule has 1 aromatic heterocycles. The van der Waals surface area contributed by atoms with Gasteiger partial charge in [-0.05, 0) is 22.4 Å². The van der Waals surface area contributed by atoms with Crippen molar-refractivity contribution < 1.29 is 10.2 Å². The molecule has 16 heavy (non-hydrogen) atoms. The lowest BCUT2D eigenvalue weighted by Gasteiger charge is -2.12. The standard InChI is InChI=1S/C12H15NO2S/c14-6-10(7-15)13-5-9-8-16-12-4-2-1-3-11(9)12/h1-4,8,10,13-15H,5-7H2. The molecule has 4 heteroatoms. The number of benzene rings is 1. The lowest BCUT2D eigenvalue weighted by atomic mass is 10.1. The molecule has 1 heterocycles. The minimum absolute atomic E-state index is 0.0431. The Bertz CT molecular complexity index is 451. The molecule has 3 nitrogen and oxygen atoms in total. The van der Waals surface area contributed by atoms with Crippen molar-refractivity contribution in [3.63, 3.8) is 0 Å². The van der Waals surface area contributed by atoms with Crippen LogP contribution in [0.5, 0.6) is 0 Å². The van der Waals surface area contributed by atoms with E-state index in [1.54, 1.807) is 11.3 Å². The van der Waals surface area contributed by atoms with Gasteiger partial charge in [-0.15, -0.1) is 11.3 Å². The summed E-state index contributed by atoms with van der Waals surface area (Å²) in [7, 11) is 0. The fourth-order valence-electron chi connectivity index (χ4n) is 1.61. The minimum atomic E-state index is -0.237. The minimum Gasteiger partial charge on any atom is -0.395 e. The number of aliphatic hydroxyl groups excluding tert-OH is 2. The first-order valence-electron chi connectivity index (χ1n) is 5.25. The fourth-order valence-corrected chi connectivity index (χ4v) is 2.57. The van der Waals surface area contributed by atoms with Crippen molar-refractivity contribution in [3.05, 3.63) is 35.2 Å². The van der Waals surface area contributed by atoms with Crippen LogP contribution in [0.4, 0.5) is 0 Å². The molecule has 2 aromatic rings. The predicted octanol–water partition coefficient (Wildman–Crippen LogP) is 1.34. The van der Waals surface area contributed by atoms with Gasteiger partial charge in [0.25, 0.3) is 0 Å². The number of thiophene rings is 1. The zero-order chi connectivity index (χ0) is 11.4. The summed E-state index contributed by atoms with van der Waals surface area (Å²) >= 11 is 1.72. The van der Waals surface area contributed by atoms with E-state index in [1.165, 1.54) is 15.6 Å². The van der Waals surface area contributed by atoms with Crippen LogP contribution in [0.2, 0.25) is 0 Å². The zero-order valence-corrected chi connectivity index (χ0v) is 9.70. The molecule has 0 unspecified atom stereocenters. The van der Waals surface area contributed by atoms with Crippen molar-refractivity contribution in [2.45, 2.75) is 12.6 Å². The van der Waals surface area contributed by atoms with E-state index in [9.17, 15) is 0 Å². The van der Waals surface area contributed by atoms with E-state index in [4.69, 9.17) is 10.2 Å². The Kier molecular flexibility index (Phi) is 3.90. The third-order valence-corrected chi connectivity index (χ3v) is 3.60. The summed E-state index contributed by atoms with van der Waals surface area (Å²) in [6, 6.07) is 8.00. The van der Waals surface area contributed by atoms with Gasteiger partial charge in [0, 0.05) is 11.2 Å². The van der Waals surface area contributed by atoms with Gasteiger partial charge in [0.2, 0.25) is 0 Å². The summed E-state index contributed by atoms with van der Waals surface area (Å²) < 4.78 is 1.27. The van der Waals surface area contributed by atoms with Crippen molar-refractivity contribution in [1.82, 2.24) is 5.32 Å². The van der Waals surface area contributed by atoms with Crippen molar-refractivity contribution in [1.29, 1.82) is 0 Å². The Morgan fingerprint density at radius 2 is 1.94 bits per heavy atom. The van der Waals surface area contributed by atoms with Crippen LogP contribution in [0, 0.1) is 0 Å². The summed E-state index contributed by atoms with van der Waals surface area (Å²) in [4.78, 5) is 0. The van der Waals surface area contributed by atoms with Gasteiger partial charge in [-0.2, -0.15) is 0 Å². The highest BCUT2D eigenvalue weighted by Gasteiger charge is 2.07. The third kappa shape index (κ3) is 2.41. The maximum absolute atomic E-state index is 8.95. The van der Waals surface area contributed by atoms with Crippen molar-refractivity contribution in [3.8, 4) is 0 Å². The van der Waals surface area contributed by atoms with Crippen LogP contribution in [-0.4, -0.2) is 29.5 Å². The summed E-state index contributed by atoms with van der Waals surface area (Å²) in [5, 5.41) is 24.4. The second-order valence-corrected chi connectivity index (χ2v) is 4.61. The molecular formula is C12H15NO2S. The molecule has 3 N–H and O–H groups in total. The van der Waals surface area contributed by atoms with Crippen molar-refractivity contribution in [2.24, 2.45) is 0 Å². The van der Waals surface area contributed by atoms with Crippen LogP contribution in [0.1, 0.15) is 5.56 Å². The molecule has 86 valence electrons. The number of rotatable bonds is 5. The predicted molar refractivity (Wildman–Crippen MR) is 66.6 cm³/mol. The normalized spacial score (nSPS) is 11.4. The van der Waals surface area contributed by atoms with E-state index in [2.05, 4.69) is 22.8 Å². The maximum atomic E-state index is 8.95. The molecule has 0 atom stereocenters. The molecule has 1 aromatic carbocycles. The van der Waals surface area contributed by atoms with E-state index in [1.807, 2.05) is 12.1 Å². The molecule has 0 fully saturated rings. The molecule has 0 aliphatic rings. The van der Waals surface area contributed by atoms with E-state index in [0.29, 0.717) is 6.54 Å². The Balaban J connectivity index is 2.09. The average Bonchev–Trinajstić information content (AvgIpc) is 2.74. The van der Waals surface area contributed by atoms with Gasteiger partial charge in [0.05, 0.1) is 19.3 Å². The highest BCUT2D eigenvalue weighted by atomic mass is 32.1. The summed E-state index contributed by atoms with van der Waals surface area (Å²) in [6.07, 6.45) is 0. The van der Waals surface area contributed by atoms with Crippen LogP contribution >= 0.6 is 11.3 Å². The second kappa shape index (κ2) is 5.41. The Morgan fingerprint density at radius 1 is 1.19 bits per heavy atom. The lowest BCUT2D eigenvalue weighted by molar-refractivity contribution is 0.170. The molecule has 0 radical (unpaired) electrons. The Morgan fingerprint density at radius 3 is 2.69 bits per heavy atom. The SMILES string of the molecule is OCC(CO)NCc1csc2ccccc12. The quantitative estimate of drug-likeness (QED) is 0.735. The smallest absolute Gasteiger partial charge is 0.0607 e. The molecule has 0 spiro atoms. The lowest BCUT2D eigenvalue weighted by Crippen LogP contribution is -2.35. The van der Waals surface area contributed by atoms with E-state index < -0.39 is 0 Å². The molecular weight excluding hydrogens is 222 g/mol. The number of nitrogens with one attached hydrogen (secondary N) is 1. The van der Waals surface area contributed by atoms with E-state index >= 15 is 0 Å². The summed E-state index contributed by atoms with van der Waals surface area (Å²) in [6.45, 7) is 0.590. The first-order chi connectivity index (χ1) is 7.85. The molecule has 0 bridgehead atoms. The highest BCUT2D eigenvalue weighted by Crippen LogP contribution is 2.25. The number of hydrogen-bond acceptors (Lipinski definition) is 4. The van der Waals surface area contributed by atoms with Gasteiger partial charge in [0.15, 0.2) is 0 Å². The van der Waals surface area contributed by atoms with Gasteiger partial charge in [0.1, 0.15) is 0 Å². The number of fused-ring (bicyclic) bond motifs is 1. The van der Waals surface area contributed by atoms with Crippen LogP contribution < -0.4 is 5.32 Å². The molecule has 0 amide bonds.